The van der Waals surface area contributed by atoms with Crippen molar-refractivity contribution in [2.45, 2.75) is 6.92 Å². The van der Waals surface area contributed by atoms with Gasteiger partial charge in [0, 0.05) is 51.6 Å². The van der Waals surface area contributed by atoms with Crippen molar-refractivity contribution < 1.29 is 4.79 Å². The molecular formula is C23H26N4OS. The van der Waals surface area contributed by atoms with Crippen LogP contribution < -0.4 is 9.80 Å². The average Bonchev–Trinajstić information content (AvgIpc) is 3.09. The van der Waals surface area contributed by atoms with Gasteiger partial charge in [0.05, 0.1) is 4.91 Å². The Morgan fingerprint density at radius 1 is 1.00 bits per heavy atom. The van der Waals surface area contributed by atoms with Crippen LogP contribution in [0, 0.1) is 6.92 Å². The molecule has 150 valence electrons. The van der Waals surface area contributed by atoms with E-state index in [1.807, 2.05) is 32.3 Å². The zero-order chi connectivity index (χ0) is 20.4. The Bertz CT molecular complexity index is 957. The molecule has 0 atom stereocenters. The van der Waals surface area contributed by atoms with Gasteiger partial charge in [-0.05, 0) is 60.2 Å². The van der Waals surface area contributed by atoms with Gasteiger partial charge in [-0.2, -0.15) is 4.99 Å². The molecule has 1 saturated heterocycles. The summed E-state index contributed by atoms with van der Waals surface area (Å²) in [6.45, 7) is 5.73. The molecule has 0 N–H and O–H groups in total. The van der Waals surface area contributed by atoms with E-state index in [1.54, 1.807) is 0 Å². The third-order valence-electron chi connectivity index (χ3n) is 5.23. The standard InChI is InChI=1S/C23H26N4OS/c1-17-5-4-6-20(15-17)26-11-13-27(14-12-26)23-24-22(28)21(29-23)16-18-7-9-19(10-8-18)25(2)3/h4-10,15-16H,11-14H2,1-3H3/b21-16-. The van der Waals surface area contributed by atoms with Crippen molar-refractivity contribution in [3.63, 3.8) is 0 Å². The highest BCUT2D eigenvalue weighted by molar-refractivity contribution is 8.18. The fourth-order valence-electron chi connectivity index (χ4n) is 3.53. The van der Waals surface area contributed by atoms with Crippen molar-refractivity contribution in [3.05, 3.63) is 64.6 Å². The summed E-state index contributed by atoms with van der Waals surface area (Å²) in [6, 6.07) is 16.8. The van der Waals surface area contributed by atoms with Crippen molar-refractivity contribution in [1.82, 2.24) is 4.90 Å². The Labute approximate surface area is 176 Å². The Hall–Kier alpha value is -2.73. The largest absolute Gasteiger partial charge is 0.378 e. The molecule has 0 unspecified atom stereocenters. The van der Waals surface area contributed by atoms with Gasteiger partial charge >= 0.3 is 0 Å². The summed E-state index contributed by atoms with van der Waals surface area (Å²) in [5, 5.41) is 0.829. The first-order chi connectivity index (χ1) is 14.0. The maximum atomic E-state index is 12.4. The van der Waals surface area contributed by atoms with Crippen molar-refractivity contribution in [2.75, 3.05) is 50.1 Å². The summed E-state index contributed by atoms with van der Waals surface area (Å²) < 4.78 is 0. The van der Waals surface area contributed by atoms with Gasteiger partial charge in [-0.3, -0.25) is 4.79 Å². The number of hydrogen-bond donors (Lipinski definition) is 0. The maximum absolute atomic E-state index is 12.4. The number of amidine groups is 1. The van der Waals surface area contributed by atoms with Gasteiger partial charge in [0.15, 0.2) is 5.17 Å². The van der Waals surface area contributed by atoms with E-state index < -0.39 is 0 Å². The topological polar surface area (TPSA) is 39.1 Å². The van der Waals surface area contributed by atoms with E-state index >= 15 is 0 Å². The highest BCUT2D eigenvalue weighted by Gasteiger charge is 2.28. The zero-order valence-electron chi connectivity index (χ0n) is 17.1. The molecule has 2 aromatic rings. The molecule has 1 fully saturated rings. The van der Waals surface area contributed by atoms with E-state index in [-0.39, 0.29) is 5.91 Å². The Morgan fingerprint density at radius 2 is 1.69 bits per heavy atom. The molecule has 5 nitrogen and oxygen atoms in total. The van der Waals surface area contributed by atoms with Crippen LogP contribution in [0.5, 0.6) is 0 Å². The van der Waals surface area contributed by atoms with Gasteiger partial charge in [-0.25, -0.2) is 0 Å². The second kappa shape index (κ2) is 8.33. The lowest BCUT2D eigenvalue weighted by Crippen LogP contribution is -2.47. The first-order valence-electron chi connectivity index (χ1n) is 9.86. The number of aliphatic imine (C=N–C) groups is 1. The normalized spacial score (nSPS) is 18.4. The molecule has 2 heterocycles. The van der Waals surface area contributed by atoms with Crippen LogP contribution in [0.1, 0.15) is 11.1 Å². The summed E-state index contributed by atoms with van der Waals surface area (Å²) in [4.78, 5) is 24.1. The second-order valence-corrected chi connectivity index (χ2v) is 8.62. The molecule has 0 saturated carbocycles. The fraction of sp³-hybridized carbons (Fsp3) is 0.304. The second-order valence-electron chi connectivity index (χ2n) is 7.61. The molecule has 0 bridgehead atoms. The highest BCUT2D eigenvalue weighted by Crippen LogP contribution is 2.31. The Morgan fingerprint density at radius 3 is 2.34 bits per heavy atom. The summed E-state index contributed by atoms with van der Waals surface area (Å²) in [7, 11) is 4.03. The Kier molecular flexibility index (Phi) is 5.62. The van der Waals surface area contributed by atoms with E-state index in [4.69, 9.17) is 0 Å². The summed E-state index contributed by atoms with van der Waals surface area (Å²) in [5.41, 5.74) is 4.70. The number of rotatable bonds is 3. The number of aryl methyl sites for hydroxylation is 1. The van der Waals surface area contributed by atoms with Crippen molar-refractivity contribution in [3.8, 4) is 0 Å². The molecule has 0 spiro atoms. The third-order valence-corrected chi connectivity index (χ3v) is 6.28. The zero-order valence-corrected chi connectivity index (χ0v) is 17.9. The number of thioether (sulfide) groups is 1. The van der Waals surface area contributed by atoms with Gasteiger partial charge in [0.2, 0.25) is 0 Å². The minimum Gasteiger partial charge on any atom is -0.378 e. The predicted molar refractivity (Wildman–Crippen MR) is 124 cm³/mol. The van der Waals surface area contributed by atoms with Crippen molar-refractivity contribution >= 4 is 40.3 Å². The van der Waals surface area contributed by atoms with Crippen molar-refractivity contribution in [2.24, 2.45) is 4.99 Å². The van der Waals surface area contributed by atoms with Crippen LogP contribution in [-0.2, 0) is 4.79 Å². The van der Waals surface area contributed by atoms with Crippen LogP contribution in [0.2, 0.25) is 0 Å². The number of carbonyl (C=O) groups excluding carboxylic acids is 1. The molecule has 2 aromatic carbocycles. The van der Waals surface area contributed by atoms with Crippen LogP contribution in [0.25, 0.3) is 6.08 Å². The molecule has 0 radical (unpaired) electrons. The number of anilines is 2. The number of nitrogens with zero attached hydrogens (tertiary/aromatic N) is 4. The molecule has 0 aliphatic carbocycles. The minimum absolute atomic E-state index is 0.136. The van der Waals surface area contributed by atoms with Crippen molar-refractivity contribution in [1.29, 1.82) is 0 Å². The van der Waals surface area contributed by atoms with Crippen LogP contribution in [0.4, 0.5) is 11.4 Å². The summed E-state index contributed by atoms with van der Waals surface area (Å²) >= 11 is 1.49. The van der Waals surface area contributed by atoms with Gasteiger partial charge in [-0.15, -0.1) is 0 Å². The molecule has 6 heteroatoms. The first-order valence-corrected chi connectivity index (χ1v) is 10.7. The van der Waals surface area contributed by atoms with Crippen LogP contribution >= 0.6 is 11.8 Å². The molecular weight excluding hydrogens is 380 g/mol. The number of piperazine rings is 1. The van der Waals surface area contributed by atoms with Gasteiger partial charge in [0.25, 0.3) is 5.91 Å². The Balaban J connectivity index is 1.39. The molecule has 2 aliphatic heterocycles. The monoisotopic (exact) mass is 406 g/mol. The number of carbonyl (C=O) groups is 1. The average molecular weight is 407 g/mol. The van der Waals surface area contributed by atoms with Gasteiger partial charge in [0.1, 0.15) is 0 Å². The summed E-state index contributed by atoms with van der Waals surface area (Å²) in [6.07, 6.45) is 1.94. The van der Waals surface area contributed by atoms with Crippen LogP contribution in [0.15, 0.2) is 58.4 Å². The molecule has 4 rings (SSSR count). The van der Waals surface area contributed by atoms with E-state index in [9.17, 15) is 4.79 Å². The smallest absolute Gasteiger partial charge is 0.286 e. The third kappa shape index (κ3) is 4.48. The number of hydrogen-bond acceptors (Lipinski definition) is 5. The minimum atomic E-state index is -0.136. The fourth-order valence-corrected chi connectivity index (χ4v) is 4.50. The van der Waals surface area contributed by atoms with E-state index in [1.165, 1.54) is 23.0 Å². The highest BCUT2D eigenvalue weighted by atomic mass is 32.2. The van der Waals surface area contributed by atoms with E-state index in [0.29, 0.717) is 4.91 Å². The molecule has 2 aliphatic rings. The van der Waals surface area contributed by atoms with E-state index in [2.05, 4.69) is 63.0 Å². The lowest BCUT2D eigenvalue weighted by Gasteiger charge is -2.36. The number of benzene rings is 2. The molecule has 1 amide bonds. The lowest BCUT2D eigenvalue weighted by atomic mass is 10.2. The molecule has 0 aromatic heterocycles. The predicted octanol–water partition coefficient (Wildman–Crippen LogP) is 3.85. The SMILES string of the molecule is Cc1cccc(N2CCN(C3=NC(=O)/C(=C/c4ccc(N(C)C)cc4)S3)CC2)c1. The summed E-state index contributed by atoms with van der Waals surface area (Å²) in [5.74, 6) is -0.136. The molecule has 29 heavy (non-hydrogen) atoms. The van der Waals surface area contributed by atoms with Crippen LogP contribution in [0.3, 0.4) is 0 Å². The quantitative estimate of drug-likeness (QED) is 0.724. The van der Waals surface area contributed by atoms with Gasteiger partial charge in [-0.1, -0.05) is 24.3 Å². The maximum Gasteiger partial charge on any atom is 0.286 e. The lowest BCUT2D eigenvalue weighted by molar-refractivity contribution is -0.113. The van der Waals surface area contributed by atoms with Crippen LogP contribution in [-0.4, -0.2) is 56.2 Å². The van der Waals surface area contributed by atoms with Gasteiger partial charge < -0.3 is 14.7 Å². The van der Waals surface area contributed by atoms with E-state index in [0.717, 1.165) is 42.6 Å². The number of amides is 1. The first kappa shape index (κ1) is 19.6.